The number of anilines is 1. The Labute approximate surface area is 159 Å². The number of amides is 2. The predicted molar refractivity (Wildman–Crippen MR) is 100 cm³/mol. The standard InChI is InChI=1S/C19H26N2O6/c1-7-25-18(24)21(6)15-11-9-8-10-14(15)13-26-16(22)12-20(5)17(23)27-19(2,3)4/h7-11H,1,12-13H2,2-6H3. The van der Waals surface area contributed by atoms with Gasteiger partial charge in [0.25, 0.3) is 0 Å². The number of nitrogens with zero attached hydrogens (tertiary/aromatic N) is 2. The molecule has 0 atom stereocenters. The summed E-state index contributed by atoms with van der Waals surface area (Å²) in [7, 11) is 2.98. The molecule has 0 radical (unpaired) electrons. The van der Waals surface area contributed by atoms with Crippen LogP contribution >= 0.6 is 0 Å². The summed E-state index contributed by atoms with van der Waals surface area (Å²) in [5, 5.41) is 0. The lowest BCUT2D eigenvalue weighted by Gasteiger charge is -2.24. The predicted octanol–water partition coefficient (Wildman–Crippen LogP) is 3.31. The second kappa shape index (κ2) is 9.61. The molecule has 0 bridgehead atoms. The highest BCUT2D eigenvalue weighted by Gasteiger charge is 2.22. The van der Waals surface area contributed by atoms with Crippen LogP contribution in [0.3, 0.4) is 0 Å². The minimum absolute atomic E-state index is 0.0666. The molecule has 0 saturated heterocycles. The molecule has 2 amide bonds. The van der Waals surface area contributed by atoms with Gasteiger partial charge in [0.1, 0.15) is 18.8 Å². The van der Waals surface area contributed by atoms with Gasteiger partial charge in [-0.3, -0.25) is 9.69 Å². The van der Waals surface area contributed by atoms with Gasteiger partial charge in [0.2, 0.25) is 0 Å². The van der Waals surface area contributed by atoms with Crippen molar-refractivity contribution in [3.8, 4) is 0 Å². The van der Waals surface area contributed by atoms with E-state index in [4.69, 9.17) is 14.2 Å². The van der Waals surface area contributed by atoms with Gasteiger partial charge in [-0.1, -0.05) is 24.8 Å². The molecule has 148 valence electrons. The van der Waals surface area contributed by atoms with Crippen LogP contribution in [0.2, 0.25) is 0 Å². The molecule has 0 spiro atoms. The molecule has 1 aromatic rings. The van der Waals surface area contributed by atoms with Crippen molar-refractivity contribution in [2.45, 2.75) is 33.0 Å². The average Bonchev–Trinajstić information content (AvgIpc) is 2.58. The van der Waals surface area contributed by atoms with Crippen molar-refractivity contribution in [3.63, 3.8) is 0 Å². The number of likely N-dealkylation sites (N-methyl/N-ethyl adjacent to an activating group) is 1. The van der Waals surface area contributed by atoms with Crippen LogP contribution in [-0.4, -0.2) is 49.3 Å². The Bertz CT molecular complexity index is 696. The van der Waals surface area contributed by atoms with E-state index in [1.54, 1.807) is 45.0 Å². The van der Waals surface area contributed by atoms with Gasteiger partial charge in [-0.05, 0) is 26.8 Å². The Kier molecular flexibility index (Phi) is 7.83. The number of para-hydroxylation sites is 1. The van der Waals surface area contributed by atoms with E-state index in [9.17, 15) is 14.4 Å². The molecule has 0 fully saturated rings. The first kappa shape index (κ1) is 22.0. The van der Waals surface area contributed by atoms with Crippen molar-refractivity contribution >= 4 is 23.8 Å². The molecule has 8 nitrogen and oxygen atoms in total. The number of carbonyl (C=O) groups is 3. The van der Waals surface area contributed by atoms with E-state index in [2.05, 4.69) is 6.58 Å². The third-order valence-corrected chi connectivity index (χ3v) is 3.27. The van der Waals surface area contributed by atoms with Gasteiger partial charge in [-0.2, -0.15) is 0 Å². The van der Waals surface area contributed by atoms with Crippen molar-refractivity contribution in [1.29, 1.82) is 0 Å². The Hall–Kier alpha value is -3.03. The van der Waals surface area contributed by atoms with Crippen LogP contribution in [0.1, 0.15) is 26.3 Å². The van der Waals surface area contributed by atoms with Gasteiger partial charge in [-0.25, -0.2) is 9.59 Å². The van der Waals surface area contributed by atoms with E-state index >= 15 is 0 Å². The second-order valence-electron chi connectivity index (χ2n) is 6.74. The number of benzene rings is 1. The highest BCUT2D eigenvalue weighted by Crippen LogP contribution is 2.21. The van der Waals surface area contributed by atoms with Gasteiger partial charge in [0.05, 0.1) is 11.9 Å². The maximum Gasteiger partial charge on any atom is 0.418 e. The summed E-state index contributed by atoms with van der Waals surface area (Å²) in [5.74, 6) is -0.602. The molecule has 0 heterocycles. The highest BCUT2D eigenvalue weighted by atomic mass is 16.6. The minimum atomic E-state index is -0.654. The van der Waals surface area contributed by atoms with E-state index in [0.29, 0.717) is 11.3 Å². The summed E-state index contributed by atoms with van der Waals surface area (Å²) in [6.45, 7) is 8.23. The fourth-order valence-electron chi connectivity index (χ4n) is 2.01. The zero-order chi connectivity index (χ0) is 20.6. The molecule has 8 heteroatoms. The molecular formula is C19H26N2O6. The van der Waals surface area contributed by atoms with Crippen LogP contribution in [0.15, 0.2) is 37.1 Å². The maximum absolute atomic E-state index is 12.0. The number of rotatable bonds is 6. The molecule has 0 aromatic heterocycles. The van der Waals surface area contributed by atoms with Crippen LogP contribution in [0.5, 0.6) is 0 Å². The van der Waals surface area contributed by atoms with Gasteiger partial charge in [0, 0.05) is 19.7 Å². The molecule has 0 unspecified atom stereocenters. The Morgan fingerprint density at radius 3 is 2.33 bits per heavy atom. The molecule has 27 heavy (non-hydrogen) atoms. The molecular weight excluding hydrogens is 352 g/mol. The monoisotopic (exact) mass is 378 g/mol. The number of ether oxygens (including phenoxy) is 3. The summed E-state index contributed by atoms with van der Waals surface area (Å²) in [6, 6.07) is 6.92. The smallest absolute Gasteiger partial charge is 0.418 e. The normalized spacial score (nSPS) is 10.6. The van der Waals surface area contributed by atoms with E-state index in [1.807, 2.05) is 0 Å². The van der Waals surface area contributed by atoms with Gasteiger partial charge in [0.15, 0.2) is 0 Å². The van der Waals surface area contributed by atoms with Crippen LogP contribution in [0, 0.1) is 0 Å². The number of hydrogen-bond donors (Lipinski definition) is 0. The molecule has 1 rings (SSSR count). The lowest BCUT2D eigenvalue weighted by Crippen LogP contribution is -2.37. The molecule has 0 aliphatic rings. The maximum atomic E-state index is 12.0. The fourth-order valence-corrected chi connectivity index (χ4v) is 2.01. The first-order chi connectivity index (χ1) is 12.5. The van der Waals surface area contributed by atoms with Crippen molar-refractivity contribution in [2.24, 2.45) is 0 Å². The molecule has 0 aliphatic carbocycles. The number of hydrogen-bond acceptors (Lipinski definition) is 6. The summed E-state index contributed by atoms with van der Waals surface area (Å²) in [6.07, 6.45) is -0.200. The SMILES string of the molecule is C=COC(=O)N(C)c1ccccc1COC(=O)CN(C)C(=O)OC(C)(C)C. The second-order valence-corrected chi connectivity index (χ2v) is 6.74. The van der Waals surface area contributed by atoms with Gasteiger partial charge in [-0.15, -0.1) is 0 Å². The fraction of sp³-hybridized carbons (Fsp3) is 0.421. The molecule has 1 aromatic carbocycles. The third-order valence-electron chi connectivity index (χ3n) is 3.27. The van der Waals surface area contributed by atoms with Gasteiger partial charge < -0.3 is 19.1 Å². The number of carbonyl (C=O) groups excluding carboxylic acids is 3. The van der Waals surface area contributed by atoms with Crippen molar-refractivity contribution in [3.05, 3.63) is 42.7 Å². The van der Waals surface area contributed by atoms with Crippen LogP contribution in [0.4, 0.5) is 15.3 Å². The Morgan fingerprint density at radius 2 is 1.74 bits per heavy atom. The number of esters is 1. The van der Waals surface area contributed by atoms with Crippen molar-refractivity contribution in [1.82, 2.24) is 4.90 Å². The Balaban J connectivity index is 2.68. The first-order valence-electron chi connectivity index (χ1n) is 8.28. The van der Waals surface area contributed by atoms with Crippen molar-refractivity contribution < 1.29 is 28.6 Å². The molecule has 0 saturated carbocycles. The summed E-state index contributed by atoms with van der Waals surface area (Å²) >= 11 is 0. The van der Waals surface area contributed by atoms with E-state index in [0.717, 1.165) is 11.2 Å². The first-order valence-corrected chi connectivity index (χ1v) is 8.28. The highest BCUT2D eigenvalue weighted by molar-refractivity contribution is 5.88. The van der Waals surface area contributed by atoms with Crippen LogP contribution in [0.25, 0.3) is 0 Å². The minimum Gasteiger partial charge on any atom is -0.459 e. The molecule has 0 aliphatic heterocycles. The lowest BCUT2D eigenvalue weighted by atomic mass is 10.2. The average molecular weight is 378 g/mol. The van der Waals surface area contributed by atoms with E-state index in [1.165, 1.54) is 19.0 Å². The largest absolute Gasteiger partial charge is 0.459 e. The van der Waals surface area contributed by atoms with E-state index in [-0.39, 0.29) is 13.2 Å². The Morgan fingerprint density at radius 1 is 1.11 bits per heavy atom. The lowest BCUT2D eigenvalue weighted by molar-refractivity contribution is -0.145. The van der Waals surface area contributed by atoms with E-state index < -0.39 is 23.8 Å². The molecule has 0 N–H and O–H groups in total. The summed E-state index contributed by atoms with van der Waals surface area (Å²) in [4.78, 5) is 38.1. The quantitative estimate of drug-likeness (QED) is 0.429. The van der Waals surface area contributed by atoms with Gasteiger partial charge >= 0.3 is 18.2 Å². The summed E-state index contributed by atoms with van der Waals surface area (Å²) < 4.78 is 15.1. The summed E-state index contributed by atoms with van der Waals surface area (Å²) in [5.41, 5.74) is 0.477. The van der Waals surface area contributed by atoms with Crippen LogP contribution < -0.4 is 4.90 Å². The van der Waals surface area contributed by atoms with Crippen LogP contribution in [-0.2, 0) is 25.6 Å². The zero-order valence-electron chi connectivity index (χ0n) is 16.4. The third kappa shape index (κ3) is 7.39. The van der Waals surface area contributed by atoms with Crippen molar-refractivity contribution in [2.75, 3.05) is 25.5 Å². The topological polar surface area (TPSA) is 85.4 Å². The zero-order valence-corrected chi connectivity index (χ0v) is 16.4.